The molecule has 6 nitrogen and oxygen atoms in total. The molecule has 0 amide bonds. The highest BCUT2D eigenvalue weighted by atomic mass is 32.2. The predicted molar refractivity (Wildman–Crippen MR) is 128 cm³/mol. The van der Waals surface area contributed by atoms with Gasteiger partial charge in [-0.05, 0) is 82.3 Å². The fraction of sp³-hybridized carbons (Fsp3) is 0.654. The van der Waals surface area contributed by atoms with Gasteiger partial charge in [-0.1, -0.05) is 23.9 Å². The summed E-state index contributed by atoms with van der Waals surface area (Å²) in [6.45, 7) is 4.59. The van der Waals surface area contributed by atoms with Gasteiger partial charge in [-0.2, -0.15) is 0 Å². The normalized spacial score (nSPS) is 29.2. The predicted octanol–water partition coefficient (Wildman–Crippen LogP) is 5.47. The zero-order valence-electron chi connectivity index (χ0n) is 20.2. The Labute approximate surface area is 205 Å². The van der Waals surface area contributed by atoms with Gasteiger partial charge in [0.2, 0.25) is 0 Å². The summed E-state index contributed by atoms with van der Waals surface area (Å²) in [6, 6.07) is 6.27. The van der Waals surface area contributed by atoms with Crippen LogP contribution in [-0.4, -0.2) is 39.5 Å². The monoisotopic (exact) mass is 487 g/mol. The third kappa shape index (κ3) is 4.51. The topological polar surface area (TPSA) is 66.2 Å². The zero-order valence-corrected chi connectivity index (χ0v) is 21.0. The highest BCUT2D eigenvalue weighted by Crippen LogP contribution is 2.61. The second-order valence-corrected chi connectivity index (χ2v) is 11.9. The Morgan fingerprint density at radius 1 is 1.15 bits per heavy atom. The van der Waals surface area contributed by atoms with Gasteiger partial charge in [-0.3, -0.25) is 9.36 Å². The van der Waals surface area contributed by atoms with Crippen LogP contribution in [0.1, 0.15) is 64.2 Å². The smallest absolute Gasteiger partial charge is 0.192 e. The van der Waals surface area contributed by atoms with Crippen LogP contribution in [0.3, 0.4) is 0 Å². The first-order chi connectivity index (χ1) is 16.4. The molecule has 0 spiro atoms. The van der Waals surface area contributed by atoms with Crippen molar-refractivity contribution < 1.29 is 18.7 Å². The number of thioether (sulfide) groups is 1. The highest BCUT2D eigenvalue weighted by Gasteiger charge is 2.55. The van der Waals surface area contributed by atoms with Gasteiger partial charge in [0.15, 0.2) is 28.3 Å². The third-order valence-electron chi connectivity index (χ3n) is 7.99. The largest absolute Gasteiger partial charge is 0.483 e. The molecule has 4 aliphatic carbocycles. The molecular weight excluding hydrogens is 453 g/mol. The van der Waals surface area contributed by atoms with Crippen LogP contribution in [0.15, 0.2) is 29.4 Å². The Morgan fingerprint density at radius 2 is 1.79 bits per heavy atom. The van der Waals surface area contributed by atoms with E-state index < -0.39 is 5.82 Å². The SMILES string of the molecule is COCC(C)n1c(COc2ccccc2F)nnc1SC(C)C(=O)C12CC3CC(CC(C3)C1)C2. The van der Waals surface area contributed by atoms with Crippen LogP contribution in [0.25, 0.3) is 0 Å². The maximum Gasteiger partial charge on any atom is 0.192 e. The summed E-state index contributed by atoms with van der Waals surface area (Å²) in [4.78, 5) is 13.8. The van der Waals surface area contributed by atoms with Crippen LogP contribution in [0.4, 0.5) is 4.39 Å². The van der Waals surface area contributed by atoms with Gasteiger partial charge < -0.3 is 9.47 Å². The molecule has 0 N–H and O–H groups in total. The second kappa shape index (κ2) is 9.61. The number of para-hydroxylation sites is 1. The maximum absolute atomic E-state index is 14.0. The minimum atomic E-state index is -0.414. The number of Topliss-reactive ketones (excluding diaryl/α,β-unsaturated/α-hetero) is 1. The number of carbonyl (C=O) groups is 1. The first-order valence-corrected chi connectivity index (χ1v) is 13.3. The van der Waals surface area contributed by atoms with E-state index in [0.29, 0.717) is 23.4 Å². The van der Waals surface area contributed by atoms with Crippen molar-refractivity contribution >= 4 is 17.5 Å². The third-order valence-corrected chi connectivity index (χ3v) is 9.05. The molecule has 1 aromatic heterocycles. The van der Waals surface area contributed by atoms with Crippen LogP contribution in [0.5, 0.6) is 5.75 Å². The van der Waals surface area contributed by atoms with Crippen LogP contribution in [0, 0.1) is 29.0 Å². The first kappa shape index (κ1) is 23.8. The average Bonchev–Trinajstić information content (AvgIpc) is 3.19. The molecule has 4 saturated carbocycles. The average molecular weight is 488 g/mol. The Morgan fingerprint density at radius 3 is 2.41 bits per heavy atom. The van der Waals surface area contributed by atoms with Crippen molar-refractivity contribution in [3.63, 3.8) is 0 Å². The molecule has 2 unspecified atom stereocenters. The number of ketones is 1. The lowest BCUT2D eigenvalue weighted by Gasteiger charge is -2.56. The lowest BCUT2D eigenvalue weighted by atomic mass is 9.48. The Kier molecular flexibility index (Phi) is 6.73. The van der Waals surface area contributed by atoms with Gasteiger partial charge in [-0.25, -0.2) is 4.39 Å². The zero-order chi connectivity index (χ0) is 23.9. The van der Waals surface area contributed by atoms with Gasteiger partial charge in [0, 0.05) is 12.5 Å². The minimum Gasteiger partial charge on any atom is -0.483 e. The lowest BCUT2D eigenvalue weighted by molar-refractivity contribution is -0.143. The van der Waals surface area contributed by atoms with Gasteiger partial charge >= 0.3 is 0 Å². The van der Waals surface area contributed by atoms with Crippen molar-refractivity contribution in [2.45, 2.75) is 75.4 Å². The summed E-state index contributed by atoms with van der Waals surface area (Å²) in [6.07, 6.45) is 7.17. The first-order valence-electron chi connectivity index (χ1n) is 12.4. The van der Waals surface area contributed by atoms with Crippen molar-refractivity contribution in [3.05, 3.63) is 35.9 Å². The number of halogens is 1. The number of methoxy groups -OCH3 is 1. The number of rotatable bonds is 10. The summed E-state index contributed by atoms with van der Waals surface area (Å²) in [5.74, 6) is 2.94. The molecule has 4 aliphatic rings. The van der Waals surface area contributed by atoms with Crippen molar-refractivity contribution in [1.29, 1.82) is 0 Å². The van der Waals surface area contributed by atoms with E-state index in [4.69, 9.17) is 9.47 Å². The molecule has 2 atom stereocenters. The van der Waals surface area contributed by atoms with E-state index in [1.54, 1.807) is 25.3 Å². The van der Waals surface area contributed by atoms with Crippen LogP contribution < -0.4 is 4.74 Å². The van der Waals surface area contributed by atoms with Crippen LogP contribution in [-0.2, 0) is 16.1 Å². The van der Waals surface area contributed by atoms with Gasteiger partial charge in [0.1, 0.15) is 6.61 Å². The van der Waals surface area contributed by atoms with Crippen molar-refractivity contribution in [1.82, 2.24) is 14.8 Å². The molecule has 0 radical (unpaired) electrons. The molecule has 34 heavy (non-hydrogen) atoms. The number of nitrogens with zero attached hydrogens (tertiary/aromatic N) is 3. The maximum atomic E-state index is 14.0. The van der Waals surface area contributed by atoms with E-state index in [1.807, 2.05) is 18.4 Å². The number of carbonyl (C=O) groups excluding carboxylic acids is 1. The summed E-state index contributed by atoms with van der Waals surface area (Å²) in [5, 5.41) is 9.25. The summed E-state index contributed by atoms with van der Waals surface area (Å²) in [5.41, 5.74) is -0.138. The lowest BCUT2D eigenvalue weighted by Crippen LogP contribution is -2.51. The molecule has 4 fully saturated rings. The van der Waals surface area contributed by atoms with E-state index >= 15 is 0 Å². The number of hydrogen-bond acceptors (Lipinski definition) is 6. The van der Waals surface area contributed by atoms with Crippen LogP contribution >= 0.6 is 11.8 Å². The summed E-state index contributed by atoms with van der Waals surface area (Å²) < 4.78 is 27.1. The standard InChI is InChI=1S/C26H34FN3O3S/c1-16(14-32-3)30-23(15-33-22-7-5-4-6-21(22)27)28-29-25(30)34-17(2)24(31)26-11-18-8-19(12-26)10-20(9-18)13-26/h4-7,16-20H,8-15H2,1-3H3. The molecule has 184 valence electrons. The van der Waals surface area contributed by atoms with E-state index in [0.717, 1.165) is 37.0 Å². The fourth-order valence-electron chi connectivity index (χ4n) is 7.00. The molecule has 0 aliphatic heterocycles. The van der Waals surface area contributed by atoms with Crippen molar-refractivity contribution in [2.24, 2.45) is 23.2 Å². The molecular formula is C26H34FN3O3S. The Balaban J connectivity index is 1.33. The van der Waals surface area contributed by atoms with Gasteiger partial charge in [-0.15, -0.1) is 10.2 Å². The summed E-state index contributed by atoms with van der Waals surface area (Å²) in [7, 11) is 1.66. The number of aromatic nitrogens is 3. The minimum absolute atomic E-state index is 0.0522. The Hall–Kier alpha value is -1.93. The molecule has 2 aromatic rings. The highest BCUT2D eigenvalue weighted by molar-refractivity contribution is 8.00. The quantitative estimate of drug-likeness (QED) is 0.414. The van der Waals surface area contributed by atoms with E-state index in [2.05, 4.69) is 10.2 Å². The molecule has 1 aromatic carbocycles. The molecule has 0 saturated heterocycles. The molecule has 6 rings (SSSR count). The van der Waals surface area contributed by atoms with Gasteiger partial charge in [0.05, 0.1) is 17.9 Å². The Bertz CT molecular complexity index is 1010. The van der Waals surface area contributed by atoms with Crippen molar-refractivity contribution in [3.8, 4) is 5.75 Å². The number of benzene rings is 1. The van der Waals surface area contributed by atoms with Gasteiger partial charge in [0.25, 0.3) is 0 Å². The molecule has 1 heterocycles. The summed E-state index contributed by atoms with van der Waals surface area (Å²) >= 11 is 1.48. The van der Waals surface area contributed by atoms with E-state index in [9.17, 15) is 9.18 Å². The molecule has 4 bridgehead atoms. The van der Waals surface area contributed by atoms with E-state index in [1.165, 1.54) is 37.1 Å². The van der Waals surface area contributed by atoms with Crippen LogP contribution in [0.2, 0.25) is 0 Å². The number of hydrogen-bond donors (Lipinski definition) is 0. The number of ether oxygens (including phenoxy) is 2. The van der Waals surface area contributed by atoms with E-state index in [-0.39, 0.29) is 29.1 Å². The fourth-order valence-corrected chi connectivity index (χ4v) is 8.16. The molecule has 8 heteroatoms. The van der Waals surface area contributed by atoms with Crippen molar-refractivity contribution in [2.75, 3.05) is 13.7 Å². The second-order valence-electron chi connectivity index (χ2n) is 10.6.